The quantitative estimate of drug-likeness (QED) is 0.893. The van der Waals surface area contributed by atoms with Gasteiger partial charge in [0.15, 0.2) is 9.84 Å². The SMILES string of the molecule is CS(=O)(=O)c1ccccc1C1(NC(=O)CC#N)CC1. The molecule has 0 radical (unpaired) electrons. The molecule has 1 amide bonds. The molecule has 1 N–H and O–H groups in total. The fourth-order valence-electron chi connectivity index (χ4n) is 2.15. The predicted molar refractivity (Wildman–Crippen MR) is 68.8 cm³/mol. The van der Waals surface area contributed by atoms with Crippen LogP contribution in [0.1, 0.15) is 24.8 Å². The maximum atomic E-state index is 11.8. The van der Waals surface area contributed by atoms with E-state index >= 15 is 0 Å². The summed E-state index contributed by atoms with van der Waals surface area (Å²) in [7, 11) is -3.34. The van der Waals surface area contributed by atoms with Crippen molar-refractivity contribution < 1.29 is 13.2 Å². The zero-order valence-corrected chi connectivity index (χ0v) is 11.3. The van der Waals surface area contributed by atoms with Crippen LogP contribution in [-0.4, -0.2) is 20.6 Å². The number of carbonyl (C=O) groups excluding carboxylic acids is 1. The first kappa shape index (κ1) is 13.6. The van der Waals surface area contributed by atoms with Crippen molar-refractivity contribution in [2.24, 2.45) is 0 Å². The molecule has 0 spiro atoms. The summed E-state index contributed by atoms with van der Waals surface area (Å²) < 4.78 is 23.5. The van der Waals surface area contributed by atoms with Crippen molar-refractivity contribution in [1.29, 1.82) is 5.26 Å². The smallest absolute Gasteiger partial charge is 0.234 e. The Morgan fingerprint density at radius 3 is 2.58 bits per heavy atom. The summed E-state index contributed by atoms with van der Waals surface area (Å²) in [4.78, 5) is 11.8. The lowest BCUT2D eigenvalue weighted by molar-refractivity contribution is -0.121. The van der Waals surface area contributed by atoms with Crippen LogP contribution in [0.3, 0.4) is 0 Å². The molecule has 5 nitrogen and oxygen atoms in total. The van der Waals surface area contributed by atoms with E-state index in [1.54, 1.807) is 30.3 Å². The fraction of sp³-hybridized carbons (Fsp3) is 0.385. The van der Waals surface area contributed by atoms with E-state index in [4.69, 9.17) is 5.26 Å². The number of hydrogen-bond acceptors (Lipinski definition) is 4. The van der Waals surface area contributed by atoms with Gasteiger partial charge < -0.3 is 5.32 Å². The molecule has 1 aromatic carbocycles. The van der Waals surface area contributed by atoms with Gasteiger partial charge in [0, 0.05) is 6.26 Å². The van der Waals surface area contributed by atoms with Crippen molar-refractivity contribution in [3.05, 3.63) is 29.8 Å². The van der Waals surface area contributed by atoms with Gasteiger partial charge in [-0.05, 0) is 24.5 Å². The first-order chi connectivity index (χ1) is 8.89. The third-order valence-electron chi connectivity index (χ3n) is 3.17. The van der Waals surface area contributed by atoms with Crippen LogP contribution in [0, 0.1) is 11.3 Å². The Hall–Kier alpha value is -1.87. The lowest BCUT2D eigenvalue weighted by Crippen LogP contribution is -2.35. The first-order valence-corrected chi connectivity index (χ1v) is 7.76. The van der Waals surface area contributed by atoms with Gasteiger partial charge in [0.1, 0.15) is 6.42 Å². The van der Waals surface area contributed by atoms with Crippen molar-refractivity contribution in [3.63, 3.8) is 0 Å². The van der Waals surface area contributed by atoms with Crippen LogP contribution in [0.5, 0.6) is 0 Å². The second-order valence-electron chi connectivity index (χ2n) is 4.73. The zero-order chi connectivity index (χ0) is 14.1. The molecule has 6 heteroatoms. The molecule has 0 unspecified atom stereocenters. The highest BCUT2D eigenvalue weighted by molar-refractivity contribution is 7.90. The number of carbonyl (C=O) groups is 1. The molecule has 0 bridgehead atoms. The van der Waals surface area contributed by atoms with Crippen molar-refractivity contribution in [3.8, 4) is 6.07 Å². The molecule has 1 aromatic rings. The Bertz CT molecular complexity index is 655. The van der Waals surface area contributed by atoms with E-state index in [2.05, 4.69) is 5.32 Å². The summed E-state index contributed by atoms with van der Waals surface area (Å²) >= 11 is 0. The Kier molecular flexibility index (Phi) is 3.33. The summed E-state index contributed by atoms with van der Waals surface area (Å²) in [5.74, 6) is -0.372. The van der Waals surface area contributed by atoms with Gasteiger partial charge in [0.25, 0.3) is 0 Å². The number of nitriles is 1. The van der Waals surface area contributed by atoms with E-state index in [-0.39, 0.29) is 17.2 Å². The number of sulfone groups is 1. The van der Waals surface area contributed by atoms with Gasteiger partial charge in [-0.1, -0.05) is 18.2 Å². The van der Waals surface area contributed by atoms with E-state index in [0.29, 0.717) is 18.4 Å². The van der Waals surface area contributed by atoms with E-state index in [0.717, 1.165) is 6.26 Å². The summed E-state index contributed by atoms with van der Waals surface area (Å²) in [6.45, 7) is 0. The minimum atomic E-state index is -3.34. The molecule has 19 heavy (non-hydrogen) atoms. The number of nitrogens with one attached hydrogen (secondary N) is 1. The molecule has 1 aliphatic carbocycles. The minimum absolute atomic E-state index is 0.219. The average Bonchev–Trinajstić information content (AvgIpc) is 3.09. The Morgan fingerprint density at radius 1 is 1.42 bits per heavy atom. The van der Waals surface area contributed by atoms with Crippen LogP contribution in [0.25, 0.3) is 0 Å². The summed E-state index contributed by atoms with van der Waals surface area (Å²) in [6.07, 6.45) is 2.31. The van der Waals surface area contributed by atoms with E-state index in [9.17, 15) is 13.2 Å². The minimum Gasteiger partial charge on any atom is -0.346 e. The number of amides is 1. The molecule has 0 heterocycles. The van der Waals surface area contributed by atoms with Crippen molar-refractivity contribution in [2.45, 2.75) is 29.7 Å². The highest BCUT2D eigenvalue weighted by atomic mass is 32.2. The van der Waals surface area contributed by atoms with Gasteiger partial charge in [-0.15, -0.1) is 0 Å². The maximum Gasteiger partial charge on any atom is 0.234 e. The molecule has 0 atom stereocenters. The molecule has 1 fully saturated rings. The normalized spacial score (nSPS) is 16.4. The fourth-order valence-corrected chi connectivity index (χ4v) is 3.14. The number of hydrogen-bond donors (Lipinski definition) is 1. The summed E-state index contributed by atoms with van der Waals surface area (Å²) in [6, 6.07) is 8.46. The molecule has 0 aliphatic heterocycles. The van der Waals surface area contributed by atoms with Crippen LogP contribution < -0.4 is 5.32 Å². The molecule has 0 saturated heterocycles. The van der Waals surface area contributed by atoms with Crippen LogP contribution in [0.2, 0.25) is 0 Å². The van der Waals surface area contributed by atoms with Crippen LogP contribution >= 0.6 is 0 Å². The number of rotatable bonds is 4. The van der Waals surface area contributed by atoms with Gasteiger partial charge in [0.2, 0.25) is 5.91 Å². The number of nitrogens with zero attached hydrogens (tertiary/aromatic N) is 1. The van der Waals surface area contributed by atoms with Gasteiger partial charge in [-0.3, -0.25) is 4.79 Å². The van der Waals surface area contributed by atoms with Crippen molar-refractivity contribution in [1.82, 2.24) is 5.32 Å². The molecule has 1 saturated carbocycles. The highest BCUT2D eigenvalue weighted by Gasteiger charge is 2.47. The number of benzene rings is 1. The predicted octanol–water partition coefficient (Wildman–Crippen LogP) is 1.11. The third-order valence-corrected chi connectivity index (χ3v) is 4.33. The molecule has 1 aliphatic rings. The Labute approximate surface area is 112 Å². The van der Waals surface area contributed by atoms with Gasteiger partial charge in [-0.2, -0.15) is 5.26 Å². The Balaban J connectivity index is 2.38. The van der Waals surface area contributed by atoms with E-state index in [1.165, 1.54) is 0 Å². The van der Waals surface area contributed by atoms with E-state index < -0.39 is 15.4 Å². The van der Waals surface area contributed by atoms with Gasteiger partial charge in [0.05, 0.1) is 16.5 Å². The lowest BCUT2D eigenvalue weighted by atomic mass is 10.0. The summed E-state index contributed by atoms with van der Waals surface area (Å²) in [5.41, 5.74) is -0.00283. The highest BCUT2D eigenvalue weighted by Crippen LogP contribution is 2.47. The maximum absolute atomic E-state index is 11.8. The van der Waals surface area contributed by atoms with Crippen molar-refractivity contribution in [2.75, 3.05) is 6.26 Å². The zero-order valence-electron chi connectivity index (χ0n) is 10.5. The molecule has 100 valence electrons. The first-order valence-electron chi connectivity index (χ1n) is 5.87. The molecular weight excluding hydrogens is 264 g/mol. The third kappa shape index (κ3) is 2.76. The standard InChI is InChI=1S/C13H14N2O3S/c1-19(17,18)11-5-3-2-4-10(11)13(7-8-13)15-12(16)6-9-14/h2-5H,6-8H2,1H3,(H,15,16). The Morgan fingerprint density at radius 2 is 2.05 bits per heavy atom. The monoisotopic (exact) mass is 278 g/mol. The van der Waals surface area contributed by atoms with Gasteiger partial charge in [-0.25, -0.2) is 8.42 Å². The van der Waals surface area contributed by atoms with Crippen LogP contribution in [-0.2, 0) is 20.2 Å². The molecule has 2 rings (SSSR count). The van der Waals surface area contributed by atoms with Crippen molar-refractivity contribution >= 4 is 15.7 Å². The second-order valence-corrected chi connectivity index (χ2v) is 6.72. The lowest BCUT2D eigenvalue weighted by Gasteiger charge is -2.20. The van der Waals surface area contributed by atoms with Crippen LogP contribution in [0.4, 0.5) is 0 Å². The second kappa shape index (κ2) is 4.67. The van der Waals surface area contributed by atoms with Gasteiger partial charge >= 0.3 is 0 Å². The molecular formula is C13H14N2O3S. The van der Waals surface area contributed by atoms with E-state index in [1.807, 2.05) is 0 Å². The average molecular weight is 278 g/mol. The molecule has 0 aromatic heterocycles. The topological polar surface area (TPSA) is 87.0 Å². The van der Waals surface area contributed by atoms with Crippen LogP contribution in [0.15, 0.2) is 29.2 Å². The summed E-state index contributed by atoms with van der Waals surface area (Å²) in [5, 5.41) is 11.3. The largest absolute Gasteiger partial charge is 0.346 e.